The first-order valence-corrected chi connectivity index (χ1v) is 6.96. The van der Waals surface area contributed by atoms with Crippen molar-refractivity contribution in [2.45, 2.75) is 38.6 Å². The molecule has 1 aliphatic carbocycles. The van der Waals surface area contributed by atoms with Crippen LogP contribution in [-0.2, 0) is 17.8 Å². The van der Waals surface area contributed by atoms with E-state index in [9.17, 15) is 9.90 Å². The van der Waals surface area contributed by atoms with E-state index in [1.165, 1.54) is 0 Å². The van der Waals surface area contributed by atoms with Crippen LogP contribution >= 0.6 is 0 Å². The highest BCUT2D eigenvalue weighted by Gasteiger charge is 2.32. The van der Waals surface area contributed by atoms with E-state index >= 15 is 0 Å². The van der Waals surface area contributed by atoms with Crippen LogP contribution in [0.4, 0.5) is 0 Å². The van der Waals surface area contributed by atoms with Crippen LogP contribution in [-0.4, -0.2) is 25.6 Å². The van der Waals surface area contributed by atoms with Crippen molar-refractivity contribution in [3.05, 3.63) is 35.8 Å². The minimum Gasteiger partial charge on any atom is -0.481 e. The van der Waals surface area contributed by atoms with Gasteiger partial charge in [-0.05, 0) is 38.3 Å². The molecular formula is C15H17N3O2. The number of aromatic nitrogens is 3. The number of hydrogen-bond acceptors (Lipinski definition) is 3. The Hall–Kier alpha value is -2.17. The molecule has 1 N–H and O–H groups in total. The molecule has 1 unspecified atom stereocenters. The van der Waals surface area contributed by atoms with Crippen LogP contribution in [0.15, 0.2) is 24.4 Å². The molecular weight excluding hydrogens is 254 g/mol. The maximum Gasteiger partial charge on any atom is 0.312 e. The highest BCUT2D eigenvalue weighted by molar-refractivity contribution is 5.76. The highest BCUT2D eigenvalue weighted by atomic mass is 16.4. The predicted octanol–water partition coefficient (Wildman–Crippen LogP) is 2.47. The normalized spacial score (nSPS) is 17.8. The lowest BCUT2D eigenvalue weighted by Gasteiger charge is -2.19. The molecule has 20 heavy (non-hydrogen) atoms. The Morgan fingerprint density at radius 2 is 2.35 bits per heavy atom. The Morgan fingerprint density at radius 3 is 3.00 bits per heavy atom. The monoisotopic (exact) mass is 271 g/mol. The zero-order chi connectivity index (χ0) is 14.1. The third-order valence-corrected chi connectivity index (χ3v) is 3.85. The summed E-state index contributed by atoms with van der Waals surface area (Å²) >= 11 is 0. The van der Waals surface area contributed by atoms with Crippen molar-refractivity contribution < 1.29 is 9.90 Å². The number of carboxylic acid groups (broad SMARTS) is 1. The summed E-state index contributed by atoms with van der Waals surface area (Å²) < 4.78 is 2.10. The average molecular weight is 271 g/mol. The third-order valence-electron chi connectivity index (χ3n) is 3.85. The Balaban J connectivity index is 2.16. The number of aliphatic carboxylic acids is 1. The summed E-state index contributed by atoms with van der Waals surface area (Å²) in [5, 5.41) is 9.36. The van der Waals surface area contributed by atoms with E-state index in [0.29, 0.717) is 6.42 Å². The summed E-state index contributed by atoms with van der Waals surface area (Å²) in [5.74, 6) is -0.473. The average Bonchev–Trinajstić information content (AvgIpc) is 2.86. The van der Waals surface area contributed by atoms with Crippen molar-refractivity contribution in [1.82, 2.24) is 14.5 Å². The zero-order valence-electron chi connectivity index (χ0n) is 11.4. The summed E-state index contributed by atoms with van der Waals surface area (Å²) in [6.45, 7) is 2.83. The number of carboxylic acids is 1. The minimum atomic E-state index is -0.778. The van der Waals surface area contributed by atoms with Gasteiger partial charge in [-0.15, -0.1) is 0 Å². The number of rotatable bonds is 3. The van der Waals surface area contributed by atoms with Crippen LogP contribution in [0.2, 0.25) is 0 Å². The molecule has 2 aromatic heterocycles. The number of imidazole rings is 1. The fourth-order valence-electron chi connectivity index (χ4n) is 2.93. The second-order valence-electron chi connectivity index (χ2n) is 5.01. The molecule has 3 rings (SSSR count). The first-order valence-electron chi connectivity index (χ1n) is 6.96. The van der Waals surface area contributed by atoms with E-state index in [-0.39, 0.29) is 0 Å². The topological polar surface area (TPSA) is 68.0 Å². The molecule has 5 nitrogen and oxygen atoms in total. The first kappa shape index (κ1) is 12.8. The molecule has 0 saturated carbocycles. The largest absolute Gasteiger partial charge is 0.481 e. The van der Waals surface area contributed by atoms with Crippen LogP contribution in [0.3, 0.4) is 0 Å². The summed E-state index contributed by atoms with van der Waals surface area (Å²) in [6.07, 6.45) is 4.20. The Labute approximate surface area is 117 Å². The van der Waals surface area contributed by atoms with Gasteiger partial charge in [-0.3, -0.25) is 9.78 Å². The molecule has 0 amide bonds. The fraction of sp³-hybridized carbons (Fsp3) is 0.400. The Morgan fingerprint density at radius 1 is 1.50 bits per heavy atom. The van der Waals surface area contributed by atoms with Crippen molar-refractivity contribution >= 4 is 5.97 Å². The van der Waals surface area contributed by atoms with Gasteiger partial charge in [-0.25, -0.2) is 4.98 Å². The molecule has 1 aliphatic rings. The van der Waals surface area contributed by atoms with E-state index in [1.54, 1.807) is 6.20 Å². The molecule has 0 fully saturated rings. The number of nitrogens with zero attached hydrogens (tertiary/aromatic N) is 3. The molecule has 2 heterocycles. The molecule has 2 aromatic rings. The summed E-state index contributed by atoms with van der Waals surface area (Å²) in [4.78, 5) is 20.4. The van der Waals surface area contributed by atoms with Gasteiger partial charge in [0.15, 0.2) is 5.82 Å². The van der Waals surface area contributed by atoms with Crippen molar-refractivity contribution in [3.63, 3.8) is 0 Å². The van der Waals surface area contributed by atoms with Gasteiger partial charge in [0.1, 0.15) is 11.6 Å². The predicted molar refractivity (Wildman–Crippen MR) is 74.4 cm³/mol. The van der Waals surface area contributed by atoms with Crippen LogP contribution in [0.25, 0.3) is 11.5 Å². The van der Waals surface area contributed by atoms with Crippen molar-refractivity contribution in [2.75, 3.05) is 0 Å². The van der Waals surface area contributed by atoms with Crippen LogP contribution in [0, 0.1) is 0 Å². The zero-order valence-corrected chi connectivity index (χ0v) is 11.4. The number of fused-ring (bicyclic) bond motifs is 1. The SMILES string of the molecule is CCn1c(-c2ccccn2)nc2c1CCCC2C(=O)O. The molecule has 0 radical (unpaired) electrons. The summed E-state index contributed by atoms with van der Waals surface area (Å²) in [6, 6.07) is 5.70. The fourth-order valence-corrected chi connectivity index (χ4v) is 2.93. The summed E-state index contributed by atoms with van der Waals surface area (Å²) in [7, 11) is 0. The van der Waals surface area contributed by atoms with E-state index in [0.717, 1.165) is 42.3 Å². The molecule has 0 saturated heterocycles. The molecule has 5 heteroatoms. The van der Waals surface area contributed by atoms with Crippen molar-refractivity contribution in [2.24, 2.45) is 0 Å². The summed E-state index contributed by atoms with van der Waals surface area (Å²) in [5.41, 5.74) is 2.59. The number of hydrogen-bond donors (Lipinski definition) is 1. The van der Waals surface area contributed by atoms with E-state index in [4.69, 9.17) is 0 Å². The molecule has 0 bridgehead atoms. The smallest absolute Gasteiger partial charge is 0.312 e. The van der Waals surface area contributed by atoms with E-state index in [2.05, 4.69) is 21.5 Å². The lowest BCUT2D eigenvalue weighted by Crippen LogP contribution is -2.19. The number of pyridine rings is 1. The van der Waals surface area contributed by atoms with Gasteiger partial charge in [-0.1, -0.05) is 6.07 Å². The maximum absolute atomic E-state index is 11.4. The maximum atomic E-state index is 11.4. The molecule has 104 valence electrons. The Kier molecular flexibility index (Phi) is 3.26. The second kappa shape index (κ2) is 5.07. The standard InChI is InChI=1S/C15H17N3O2/c1-2-18-12-8-5-6-10(15(19)20)13(12)17-14(18)11-7-3-4-9-16-11/h3-4,7,9-10H,2,5-6,8H2,1H3,(H,19,20). The second-order valence-corrected chi connectivity index (χ2v) is 5.01. The third kappa shape index (κ3) is 1.99. The van der Waals surface area contributed by atoms with Crippen molar-refractivity contribution in [1.29, 1.82) is 0 Å². The minimum absolute atomic E-state index is 0.478. The van der Waals surface area contributed by atoms with Gasteiger partial charge in [0.05, 0.1) is 5.69 Å². The van der Waals surface area contributed by atoms with E-state index < -0.39 is 11.9 Å². The van der Waals surface area contributed by atoms with Gasteiger partial charge < -0.3 is 9.67 Å². The van der Waals surface area contributed by atoms with Gasteiger partial charge >= 0.3 is 5.97 Å². The number of carbonyl (C=O) groups is 1. The lowest BCUT2D eigenvalue weighted by molar-refractivity contribution is -0.139. The van der Waals surface area contributed by atoms with Gasteiger partial charge in [-0.2, -0.15) is 0 Å². The van der Waals surface area contributed by atoms with Gasteiger partial charge in [0, 0.05) is 18.4 Å². The van der Waals surface area contributed by atoms with Crippen LogP contribution in [0.1, 0.15) is 37.1 Å². The van der Waals surface area contributed by atoms with Crippen LogP contribution in [0.5, 0.6) is 0 Å². The highest BCUT2D eigenvalue weighted by Crippen LogP contribution is 2.34. The molecule has 0 spiro atoms. The van der Waals surface area contributed by atoms with Crippen molar-refractivity contribution in [3.8, 4) is 11.5 Å². The lowest BCUT2D eigenvalue weighted by atomic mass is 9.90. The molecule has 1 atom stereocenters. The van der Waals surface area contributed by atoms with Gasteiger partial charge in [0.25, 0.3) is 0 Å². The molecule has 0 aliphatic heterocycles. The van der Waals surface area contributed by atoms with Crippen LogP contribution < -0.4 is 0 Å². The first-order chi connectivity index (χ1) is 9.72. The van der Waals surface area contributed by atoms with Gasteiger partial charge in [0.2, 0.25) is 0 Å². The molecule has 0 aromatic carbocycles. The quantitative estimate of drug-likeness (QED) is 0.931. The Bertz CT molecular complexity index is 634. The van der Waals surface area contributed by atoms with E-state index in [1.807, 2.05) is 18.2 Å².